The van der Waals surface area contributed by atoms with Crippen molar-refractivity contribution in [2.24, 2.45) is 5.10 Å². The van der Waals surface area contributed by atoms with Crippen molar-refractivity contribution in [3.8, 4) is 5.75 Å². The fourth-order valence-electron chi connectivity index (χ4n) is 3.36. The number of benzene rings is 3. The van der Waals surface area contributed by atoms with Gasteiger partial charge in [-0.25, -0.2) is 4.39 Å². The quantitative estimate of drug-likeness (QED) is 0.590. The van der Waals surface area contributed by atoms with E-state index in [-0.39, 0.29) is 11.9 Å². The Labute approximate surface area is 162 Å². The van der Waals surface area contributed by atoms with Crippen molar-refractivity contribution in [1.29, 1.82) is 0 Å². The van der Waals surface area contributed by atoms with Gasteiger partial charge in [-0.05, 0) is 71.8 Å². The van der Waals surface area contributed by atoms with E-state index in [9.17, 15) is 9.18 Å². The molecule has 0 saturated carbocycles. The number of rotatable bonds is 5. The van der Waals surface area contributed by atoms with Gasteiger partial charge in [0.05, 0.1) is 24.6 Å². The molecule has 4 rings (SSSR count). The summed E-state index contributed by atoms with van der Waals surface area (Å²) in [5.74, 6) is 0.527. The zero-order valence-electron chi connectivity index (χ0n) is 15.4. The lowest BCUT2D eigenvalue weighted by atomic mass is 9.98. The highest BCUT2D eigenvalue weighted by atomic mass is 19.1. The van der Waals surface area contributed by atoms with Gasteiger partial charge < -0.3 is 4.74 Å². The summed E-state index contributed by atoms with van der Waals surface area (Å²) in [6.07, 6.45) is 1.50. The van der Waals surface area contributed by atoms with Crippen molar-refractivity contribution in [3.05, 3.63) is 95.3 Å². The van der Waals surface area contributed by atoms with Crippen LogP contribution in [0.3, 0.4) is 0 Å². The first kappa shape index (κ1) is 17.9. The van der Waals surface area contributed by atoms with Crippen molar-refractivity contribution in [2.75, 3.05) is 12.1 Å². The maximum absolute atomic E-state index is 13.4. The molecule has 3 aromatic rings. The van der Waals surface area contributed by atoms with E-state index in [4.69, 9.17) is 9.84 Å². The van der Waals surface area contributed by atoms with Crippen LogP contribution in [0.1, 0.15) is 33.9 Å². The number of ether oxygens (including phenoxy) is 1. The predicted molar refractivity (Wildman–Crippen MR) is 108 cm³/mol. The summed E-state index contributed by atoms with van der Waals surface area (Å²) in [6, 6.07) is 21.5. The SMILES string of the molecule is COc1ccc(C2=NN(c3ccc(C=O)cc3)C(c3ccc(F)cc3)C2)cc1. The van der Waals surface area contributed by atoms with Crippen LogP contribution in [0.25, 0.3) is 0 Å². The van der Waals surface area contributed by atoms with Crippen molar-refractivity contribution in [3.63, 3.8) is 0 Å². The lowest BCUT2D eigenvalue weighted by Gasteiger charge is -2.24. The highest BCUT2D eigenvalue weighted by Crippen LogP contribution is 2.37. The van der Waals surface area contributed by atoms with Crippen molar-refractivity contribution in [2.45, 2.75) is 12.5 Å². The summed E-state index contributed by atoms with van der Waals surface area (Å²) in [7, 11) is 1.64. The fourth-order valence-corrected chi connectivity index (χ4v) is 3.36. The summed E-state index contributed by atoms with van der Waals surface area (Å²) in [5.41, 5.74) is 4.42. The summed E-state index contributed by atoms with van der Waals surface area (Å²) < 4.78 is 18.6. The highest BCUT2D eigenvalue weighted by molar-refractivity contribution is 6.03. The smallest absolute Gasteiger partial charge is 0.150 e. The average Bonchev–Trinajstić information content (AvgIpc) is 3.20. The molecule has 0 N–H and O–H groups in total. The monoisotopic (exact) mass is 374 g/mol. The molecule has 140 valence electrons. The van der Waals surface area contributed by atoms with Crippen LogP contribution in [0.5, 0.6) is 5.75 Å². The zero-order valence-corrected chi connectivity index (χ0v) is 15.4. The Morgan fingerprint density at radius 2 is 1.68 bits per heavy atom. The van der Waals surface area contributed by atoms with Gasteiger partial charge in [0.25, 0.3) is 0 Å². The number of anilines is 1. The Bertz CT molecular complexity index is 996. The topological polar surface area (TPSA) is 41.9 Å². The molecule has 1 aliphatic heterocycles. The Morgan fingerprint density at radius 1 is 1.00 bits per heavy atom. The number of aldehydes is 1. The number of carbonyl (C=O) groups excluding carboxylic acids is 1. The van der Waals surface area contributed by atoms with Gasteiger partial charge in [0.1, 0.15) is 17.9 Å². The van der Waals surface area contributed by atoms with Gasteiger partial charge in [-0.3, -0.25) is 9.80 Å². The predicted octanol–water partition coefficient (Wildman–Crippen LogP) is 5.00. The molecule has 0 aromatic heterocycles. The summed E-state index contributed by atoms with van der Waals surface area (Å²) in [6.45, 7) is 0. The first-order chi connectivity index (χ1) is 13.7. The highest BCUT2D eigenvalue weighted by Gasteiger charge is 2.30. The first-order valence-corrected chi connectivity index (χ1v) is 9.00. The minimum Gasteiger partial charge on any atom is -0.497 e. The maximum Gasteiger partial charge on any atom is 0.150 e. The third-order valence-corrected chi connectivity index (χ3v) is 4.88. The van der Waals surface area contributed by atoms with Crippen molar-refractivity contribution < 1.29 is 13.9 Å². The molecule has 1 aliphatic rings. The van der Waals surface area contributed by atoms with Crippen LogP contribution < -0.4 is 9.75 Å². The van der Waals surface area contributed by atoms with E-state index < -0.39 is 0 Å². The van der Waals surface area contributed by atoms with E-state index in [1.54, 1.807) is 31.4 Å². The van der Waals surface area contributed by atoms with Crippen LogP contribution in [0, 0.1) is 5.82 Å². The van der Waals surface area contributed by atoms with Crippen LogP contribution in [0.4, 0.5) is 10.1 Å². The molecule has 4 nitrogen and oxygen atoms in total. The van der Waals surface area contributed by atoms with Crippen LogP contribution in [0.2, 0.25) is 0 Å². The molecule has 3 aromatic carbocycles. The van der Waals surface area contributed by atoms with Crippen LogP contribution in [-0.4, -0.2) is 19.1 Å². The van der Waals surface area contributed by atoms with Gasteiger partial charge in [-0.15, -0.1) is 0 Å². The van der Waals surface area contributed by atoms with Crippen LogP contribution in [0.15, 0.2) is 77.9 Å². The number of methoxy groups -OCH3 is 1. The molecule has 0 saturated heterocycles. The molecule has 0 amide bonds. The number of hydrogen-bond acceptors (Lipinski definition) is 4. The number of hydrogen-bond donors (Lipinski definition) is 0. The van der Waals surface area contributed by atoms with Gasteiger partial charge in [0, 0.05) is 12.0 Å². The average molecular weight is 374 g/mol. The Balaban J connectivity index is 1.72. The molecule has 0 fully saturated rings. The number of nitrogens with zero attached hydrogens (tertiary/aromatic N) is 2. The van der Waals surface area contributed by atoms with E-state index in [0.717, 1.165) is 34.6 Å². The fraction of sp³-hybridized carbons (Fsp3) is 0.130. The van der Waals surface area contributed by atoms with Gasteiger partial charge in [-0.1, -0.05) is 12.1 Å². The molecule has 28 heavy (non-hydrogen) atoms. The lowest BCUT2D eigenvalue weighted by Crippen LogP contribution is -2.18. The van der Waals surface area contributed by atoms with Crippen molar-refractivity contribution in [1.82, 2.24) is 0 Å². The van der Waals surface area contributed by atoms with E-state index in [0.29, 0.717) is 12.0 Å². The molecule has 0 radical (unpaired) electrons. The second-order valence-corrected chi connectivity index (χ2v) is 6.60. The molecule has 1 heterocycles. The maximum atomic E-state index is 13.4. The molecular formula is C23H19FN2O2. The van der Waals surface area contributed by atoms with Gasteiger partial charge >= 0.3 is 0 Å². The van der Waals surface area contributed by atoms with Crippen LogP contribution >= 0.6 is 0 Å². The molecule has 1 atom stereocenters. The largest absolute Gasteiger partial charge is 0.497 e. The second-order valence-electron chi connectivity index (χ2n) is 6.60. The van der Waals surface area contributed by atoms with E-state index in [2.05, 4.69) is 0 Å². The molecule has 1 unspecified atom stereocenters. The second kappa shape index (κ2) is 7.64. The minimum atomic E-state index is -0.264. The Hall–Kier alpha value is -3.47. The Morgan fingerprint density at radius 3 is 2.29 bits per heavy atom. The standard InChI is InChI=1S/C23H19FN2O2/c1-28-21-12-6-17(7-13-21)22-14-23(18-4-8-19(24)9-5-18)26(25-22)20-10-2-16(15-27)3-11-20/h2-13,15,23H,14H2,1H3. The van der Waals surface area contributed by atoms with Gasteiger partial charge in [-0.2, -0.15) is 5.10 Å². The minimum absolute atomic E-state index is 0.0558. The zero-order chi connectivity index (χ0) is 19.5. The number of halogens is 1. The first-order valence-electron chi connectivity index (χ1n) is 9.00. The number of hydrazone groups is 1. The van der Waals surface area contributed by atoms with Crippen molar-refractivity contribution >= 4 is 17.7 Å². The van der Waals surface area contributed by atoms with E-state index in [1.165, 1.54) is 12.1 Å². The molecule has 0 spiro atoms. The number of carbonyl (C=O) groups is 1. The van der Waals surface area contributed by atoms with Gasteiger partial charge in [0.2, 0.25) is 0 Å². The summed E-state index contributed by atoms with van der Waals surface area (Å²) >= 11 is 0. The third kappa shape index (κ3) is 3.51. The lowest BCUT2D eigenvalue weighted by molar-refractivity contribution is 0.112. The summed E-state index contributed by atoms with van der Waals surface area (Å²) in [5, 5.41) is 6.78. The Kier molecular flexibility index (Phi) is 4.89. The van der Waals surface area contributed by atoms with Gasteiger partial charge in [0.15, 0.2) is 0 Å². The van der Waals surface area contributed by atoms with E-state index >= 15 is 0 Å². The normalized spacial score (nSPS) is 16.0. The molecule has 0 aliphatic carbocycles. The molecule has 0 bridgehead atoms. The van der Waals surface area contributed by atoms with Crippen LogP contribution in [-0.2, 0) is 0 Å². The molecular weight excluding hydrogens is 355 g/mol. The van der Waals surface area contributed by atoms with E-state index in [1.807, 2.05) is 41.4 Å². The third-order valence-electron chi connectivity index (χ3n) is 4.88. The summed E-state index contributed by atoms with van der Waals surface area (Å²) in [4.78, 5) is 11.0. The molecule has 5 heteroatoms.